The van der Waals surface area contributed by atoms with Crippen LogP contribution >= 0.6 is 0 Å². The normalized spacial score (nSPS) is 11.5. The van der Waals surface area contributed by atoms with Gasteiger partial charge >= 0.3 is 0 Å². The molecule has 0 aliphatic heterocycles. The molecule has 6 aromatic heterocycles. The van der Waals surface area contributed by atoms with E-state index in [1.807, 2.05) is 194 Å². The average molecular weight is 1880 g/mol. The van der Waals surface area contributed by atoms with Gasteiger partial charge in [0.05, 0.1) is 0 Å². The van der Waals surface area contributed by atoms with E-state index in [-0.39, 0.29) is 0 Å². The summed E-state index contributed by atoms with van der Waals surface area (Å²) in [5, 5.41) is 14.1. The molecule has 0 radical (unpaired) electrons. The number of rotatable bonds is 15. The number of hydrogen-bond acceptors (Lipinski definition) is 12. The summed E-state index contributed by atoms with van der Waals surface area (Å²) >= 11 is 0. The molecule has 0 N–H and O–H groups in total. The first-order chi connectivity index (χ1) is 72.8. The number of benzene rings is 22. The van der Waals surface area contributed by atoms with E-state index in [2.05, 4.69) is 309 Å². The molecule has 28 aromatic rings. The van der Waals surface area contributed by atoms with Crippen molar-refractivity contribution in [2.45, 2.75) is 0 Å². The fourth-order valence-corrected chi connectivity index (χ4v) is 20.9. The van der Waals surface area contributed by atoms with Crippen LogP contribution in [0.5, 0.6) is 0 Å². The molecule has 147 heavy (non-hydrogen) atoms. The smallest absolute Gasteiger partial charge is 0.164 e. The summed E-state index contributed by atoms with van der Waals surface area (Å²) < 4.78 is 19.3. The summed E-state index contributed by atoms with van der Waals surface area (Å²) in [5.41, 5.74) is 32.5. The van der Waals surface area contributed by atoms with Crippen LogP contribution in [-0.4, -0.2) is 44.9 Å². The van der Waals surface area contributed by atoms with Crippen molar-refractivity contribution in [3.63, 3.8) is 0 Å². The Labute approximate surface area is 845 Å². The zero-order valence-corrected chi connectivity index (χ0v) is 79.2. The maximum absolute atomic E-state index is 6.46. The largest absolute Gasteiger partial charge is 0.456 e. The molecule has 0 spiro atoms. The Morgan fingerprint density at radius 2 is 0.361 bits per heavy atom. The molecule has 0 fully saturated rings. The monoisotopic (exact) mass is 1880 g/mol. The van der Waals surface area contributed by atoms with Crippen LogP contribution in [0.15, 0.2) is 517 Å². The second-order valence-electron chi connectivity index (χ2n) is 36.9. The SMILES string of the molecule is c1ccc(-c2nc(-c3ccccc3)nc(-c3ccc(-c4cccc5oc6ccc(-c7ccc8c9c(cccc79)-c7ccccc7-8)cc6c45)cc3)n2)cc1.c1ccc(-c2nc(-c3ccccc3)nc(-c3cccc(-c4cccc5oc6ccc(-c7ccc8ccccc8c7)cc6c45)c3)n2)cc1.c1ccc(-c2nc(-c3ccccc3)nc(-c3cccc(-c4cccc5oc6ccc(-c7cccc8ccccc78)cc6c45)c3)n2)cc1. The van der Waals surface area contributed by atoms with Gasteiger partial charge in [-0.1, -0.05) is 431 Å². The van der Waals surface area contributed by atoms with Crippen LogP contribution in [0.1, 0.15) is 0 Å². The fraction of sp³-hybridized carbons (Fsp3) is 0. The van der Waals surface area contributed by atoms with E-state index < -0.39 is 0 Å². The highest BCUT2D eigenvalue weighted by Crippen LogP contribution is 2.52. The van der Waals surface area contributed by atoms with Gasteiger partial charge in [0.2, 0.25) is 0 Å². The third-order valence-corrected chi connectivity index (χ3v) is 27.9. The zero-order chi connectivity index (χ0) is 97.2. The van der Waals surface area contributed by atoms with E-state index >= 15 is 0 Å². The minimum atomic E-state index is 0.627. The third-order valence-electron chi connectivity index (χ3n) is 27.9. The van der Waals surface area contributed by atoms with Crippen molar-refractivity contribution < 1.29 is 13.3 Å². The van der Waals surface area contributed by atoms with Gasteiger partial charge in [0.25, 0.3) is 0 Å². The Hall–Kier alpha value is -20.0. The summed E-state index contributed by atoms with van der Waals surface area (Å²) in [5.74, 6) is 5.75. The van der Waals surface area contributed by atoms with Crippen molar-refractivity contribution in [3.8, 4) is 192 Å². The van der Waals surface area contributed by atoms with Crippen LogP contribution in [0.3, 0.4) is 0 Å². The van der Waals surface area contributed by atoms with Crippen molar-refractivity contribution >= 4 is 98.1 Å². The number of aromatic nitrogens is 9. The topological polar surface area (TPSA) is 155 Å². The first-order valence-electron chi connectivity index (χ1n) is 49.2. The highest BCUT2D eigenvalue weighted by Gasteiger charge is 2.27. The second-order valence-corrected chi connectivity index (χ2v) is 36.9. The Morgan fingerprint density at radius 1 is 0.109 bits per heavy atom. The fourth-order valence-electron chi connectivity index (χ4n) is 20.9. The summed E-state index contributed by atoms with van der Waals surface area (Å²) in [4.78, 5) is 44.3. The highest BCUT2D eigenvalue weighted by molar-refractivity contribution is 6.21. The van der Waals surface area contributed by atoms with Gasteiger partial charge in [-0.05, 0) is 194 Å². The van der Waals surface area contributed by atoms with Gasteiger partial charge < -0.3 is 13.3 Å². The van der Waals surface area contributed by atoms with Gasteiger partial charge in [-0.3, -0.25) is 0 Å². The first kappa shape index (κ1) is 86.2. The quantitative estimate of drug-likeness (QED) is 0.0959. The summed E-state index contributed by atoms with van der Waals surface area (Å²) in [6.07, 6.45) is 0. The van der Waals surface area contributed by atoms with Gasteiger partial charge in [-0.15, -0.1) is 0 Å². The van der Waals surface area contributed by atoms with E-state index in [0.29, 0.717) is 52.4 Å². The number of nitrogens with zero attached hydrogens (tertiary/aromatic N) is 9. The standard InChI is InChI=1S/C49H29N3O.2C43H27N3O/c1-3-11-31(12-4-1)47-50-48(32-13-5-2-6-14-32)52-49(51-47)33-23-21-30(22-24-33)36-17-10-20-44-46(36)42-29-34(25-28-43(42)53-44)35-26-27-41-38-16-8-7-15-37(38)40-19-9-18-39(35)45(40)41;1-3-13-29(14-4-1)41-44-42(30-15-5-2-6-16-30)46-43(45-41)33-19-9-18-31(26-33)36-22-11-23-39-40(36)37-27-32(24-25-38(37)47-39)35-21-10-17-28-12-7-8-20-34(28)35;1-3-12-29(13-4-1)41-44-42(30-14-5-2-6-15-30)46-43(45-41)35-18-9-17-34(26-35)36-19-10-20-39-40(36)37-27-33(23-24-38(37)47-39)32-22-21-28-11-7-8-16-31(28)25-32/h1-29H;2*1-27H. The summed E-state index contributed by atoms with van der Waals surface area (Å²) in [6, 6.07) is 174. The molecule has 12 heteroatoms. The number of furan rings is 3. The third kappa shape index (κ3) is 16.2. The van der Waals surface area contributed by atoms with Crippen molar-refractivity contribution in [3.05, 3.63) is 504 Å². The summed E-state index contributed by atoms with van der Waals surface area (Å²) in [7, 11) is 0. The molecular weight excluding hydrogens is 1800 g/mol. The lowest BCUT2D eigenvalue weighted by molar-refractivity contribution is 0.668. The molecule has 686 valence electrons. The Kier molecular flexibility index (Phi) is 21.6. The molecule has 12 nitrogen and oxygen atoms in total. The van der Waals surface area contributed by atoms with E-state index in [1.165, 1.54) is 76.8 Å². The lowest BCUT2D eigenvalue weighted by Crippen LogP contribution is -2.00. The Bertz CT molecular complexity index is 9780. The van der Waals surface area contributed by atoms with Crippen LogP contribution in [0.2, 0.25) is 0 Å². The molecular formula is C135H83N9O3. The van der Waals surface area contributed by atoms with Crippen molar-refractivity contribution in [1.82, 2.24) is 44.9 Å². The molecule has 1 aliphatic rings. The minimum Gasteiger partial charge on any atom is -0.456 e. The number of fused-ring (bicyclic) bond motifs is 14. The average Bonchev–Trinajstić information content (AvgIpc) is 1.57. The van der Waals surface area contributed by atoms with E-state index in [9.17, 15) is 0 Å². The first-order valence-corrected chi connectivity index (χ1v) is 49.2. The Balaban J connectivity index is 0.000000109. The van der Waals surface area contributed by atoms with Crippen molar-refractivity contribution in [1.29, 1.82) is 0 Å². The molecule has 6 heterocycles. The van der Waals surface area contributed by atoms with E-state index in [0.717, 1.165) is 160 Å². The predicted octanol–water partition coefficient (Wildman–Crippen LogP) is 35.4. The zero-order valence-electron chi connectivity index (χ0n) is 79.2. The van der Waals surface area contributed by atoms with E-state index in [1.54, 1.807) is 0 Å². The molecule has 0 atom stereocenters. The lowest BCUT2D eigenvalue weighted by atomic mass is 9.93. The van der Waals surface area contributed by atoms with Gasteiger partial charge in [0.1, 0.15) is 33.5 Å². The minimum absolute atomic E-state index is 0.627. The molecule has 0 amide bonds. The van der Waals surface area contributed by atoms with Gasteiger partial charge in [-0.25, -0.2) is 44.9 Å². The number of hydrogen-bond donors (Lipinski definition) is 0. The van der Waals surface area contributed by atoms with Crippen LogP contribution in [0.4, 0.5) is 0 Å². The molecule has 22 aromatic carbocycles. The lowest BCUT2D eigenvalue weighted by Gasteiger charge is -2.10. The second kappa shape index (κ2) is 36.9. The van der Waals surface area contributed by atoms with Gasteiger partial charge in [0, 0.05) is 82.4 Å². The molecule has 29 rings (SSSR count). The predicted molar refractivity (Wildman–Crippen MR) is 600 cm³/mol. The highest BCUT2D eigenvalue weighted by atomic mass is 16.3. The van der Waals surface area contributed by atoms with Crippen LogP contribution < -0.4 is 0 Å². The van der Waals surface area contributed by atoms with E-state index in [4.69, 9.17) is 58.1 Å². The molecule has 0 saturated heterocycles. The van der Waals surface area contributed by atoms with Crippen LogP contribution in [-0.2, 0) is 0 Å². The van der Waals surface area contributed by atoms with Crippen molar-refractivity contribution in [2.24, 2.45) is 0 Å². The maximum atomic E-state index is 6.46. The van der Waals surface area contributed by atoms with Gasteiger partial charge in [0.15, 0.2) is 52.4 Å². The maximum Gasteiger partial charge on any atom is 0.164 e. The van der Waals surface area contributed by atoms with Gasteiger partial charge in [-0.2, -0.15) is 0 Å². The van der Waals surface area contributed by atoms with Crippen molar-refractivity contribution in [2.75, 3.05) is 0 Å². The van der Waals surface area contributed by atoms with Crippen LogP contribution in [0.25, 0.3) is 290 Å². The molecule has 0 saturated carbocycles. The van der Waals surface area contributed by atoms with Crippen LogP contribution in [0, 0.1) is 0 Å². The Morgan fingerprint density at radius 3 is 0.803 bits per heavy atom. The molecule has 1 aliphatic carbocycles. The molecule has 0 unspecified atom stereocenters. The molecule has 0 bridgehead atoms. The summed E-state index contributed by atoms with van der Waals surface area (Å²) in [6.45, 7) is 0.